The van der Waals surface area contributed by atoms with Crippen LogP contribution < -0.4 is 4.74 Å². The lowest BCUT2D eigenvalue weighted by Crippen LogP contribution is -2.04. The third-order valence-corrected chi connectivity index (χ3v) is 3.77. The number of aromatic carboxylic acids is 1. The summed E-state index contributed by atoms with van der Waals surface area (Å²) < 4.78 is 8.30. The van der Waals surface area contributed by atoms with E-state index < -0.39 is 5.97 Å². The van der Waals surface area contributed by atoms with Crippen molar-refractivity contribution in [2.24, 2.45) is 7.05 Å². The zero-order chi connectivity index (χ0) is 14.0. The molecule has 100 valence electrons. The second kappa shape index (κ2) is 5.44. The number of carboxylic acid groups (broad SMARTS) is 1. The van der Waals surface area contributed by atoms with Crippen molar-refractivity contribution in [2.75, 3.05) is 0 Å². The number of carboxylic acids is 1. The molecule has 2 aromatic rings. The number of hydrogen-bond acceptors (Lipinski definition) is 3. The number of rotatable bonds is 4. The van der Waals surface area contributed by atoms with Gasteiger partial charge in [0.1, 0.15) is 12.4 Å². The van der Waals surface area contributed by atoms with Crippen LogP contribution in [0.15, 0.2) is 28.7 Å². The van der Waals surface area contributed by atoms with Crippen LogP contribution in [0.3, 0.4) is 0 Å². The number of benzene rings is 1. The Bertz CT molecular complexity index is 605. The smallest absolute Gasteiger partial charge is 0.335 e. The maximum atomic E-state index is 10.7. The molecule has 0 spiro atoms. The van der Waals surface area contributed by atoms with Crippen molar-refractivity contribution in [2.45, 2.75) is 13.5 Å². The Morgan fingerprint density at radius 3 is 2.53 bits per heavy atom. The fraction of sp³-hybridized carbons (Fsp3) is 0.231. The van der Waals surface area contributed by atoms with Crippen LogP contribution in [-0.4, -0.2) is 20.9 Å². The molecule has 1 N–H and O–H groups in total. The molecule has 0 fully saturated rings. The minimum Gasteiger partial charge on any atom is -0.487 e. The number of nitrogens with zero attached hydrogens (tertiary/aromatic N) is 2. The van der Waals surface area contributed by atoms with Crippen LogP contribution in [-0.2, 0) is 13.7 Å². The van der Waals surface area contributed by atoms with Crippen LogP contribution in [0.1, 0.15) is 21.7 Å². The molecule has 0 unspecified atom stereocenters. The highest BCUT2D eigenvalue weighted by atomic mass is 79.9. The quantitative estimate of drug-likeness (QED) is 0.939. The summed E-state index contributed by atoms with van der Waals surface area (Å²) in [7, 11) is 1.85. The zero-order valence-electron chi connectivity index (χ0n) is 10.6. The van der Waals surface area contributed by atoms with Crippen LogP contribution in [0.4, 0.5) is 0 Å². The Labute approximate surface area is 118 Å². The SMILES string of the molecule is Cc1nn(C)c(COc2ccc(C(=O)O)cc2)c1Br. The molecule has 0 aliphatic rings. The summed E-state index contributed by atoms with van der Waals surface area (Å²) in [5.74, 6) is -0.327. The lowest BCUT2D eigenvalue weighted by Gasteiger charge is -2.07. The zero-order valence-corrected chi connectivity index (χ0v) is 12.1. The highest BCUT2D eigenvalue weighted by Gasteiger charge is 2.11. The van der Waals surface area contributed by atoms with Gasteiger partial charge in [-0.15, -0.1) is 0 Å². The molecule has 1 aromatic carbocycles. The second-order valence-corrected chi connectivity index (χ2v) is 4.88. The third kappa shape index (κ3) is 2.96. The number of hydrogen-bond donors (Lipinski definition) is 1. The number of halogens is 1. The summed E-state index contributed by atoms with van der Waals surface area (Å²) in [5.41, 5.74) is 2.08. The molecule has 0 radical (unpaired) electrons. The van der Waals surface area contributed by atoms with Gasteiger partial charge in [-0.2, -0.15) is 5.10 Å². The first-order valence-corrected chi connectivity index (χ1v) is 6.42. The number of carbonyl (C=O) groups is 1. The Morgan fingerprint density at radius 1 is 1.42 bits per heavy atom. The minimum absolute atomic E-state index is 0.241. The van der Waals surface area contributed by atoms with E-state index in [1.807, 2.05) is 14.0 Å². The van der Waals surface area contributed by atoms with Gasteiger partial charge in [0.25, 0.3) is 0 Å². The Balaban J connectivity index is 2.08. The van der Waals surface area contributed by atoms with Gasteiger partial charge in [-0.05, 0) is 47.1 Å². The lowest BCUT2D eigenvalue weighted by molar-refractivity contribution is 0.0697. The number of aromatic nitrogens is 2. The average molecular weight is 325 g/mol. The predicted octanol–water partition coefficient (Wildman–Crippen LogP) is 2.77. The maximum Gasteiger partial charge on any atom is 0.335 e. The summed E-state index contributed by atoms with van der Waals surface area (Å²) >= 11 is 3.46. The Morgan fingerprint density at radius 2 is 2.05 bits per heavy atom. The molecular weight excluding hydrogens is 312 g/mol. The lowest BCUT2D eigenvalue weighted by atomic mass is 10.2. The average Bonchev–Trinajstić information content (AvgIpc) is 2.62. The van der Waals surface area contributed by atoms with E-state index in [4.69, 9.17) is 9.84 Å². The van der Waals surface area contributed by atoms with Crippen molar-refractivity contribution >= 4 is 21.9 Å². The van der Waals surface area contributed by atoms with Gasteiger partial charge >= 0.3 is 5.97 Å². The summed E-state index contributed by atoms with van der Waals surface area (Å²) in [4.78, 5) is 10.7. The van der Waals surface area contributed by atoms with Crippen LogP contribution in [0, 0.1) is 6.92 Å². The van der Waals surface area contributed by atoms with E-state index in [-0.39, 0.29) is 5.56 Å². The highest BCUT2D eigenvalue weighted by Crippen LogP contribution is 2.22. The number of ether oxygens (including phenoxy) is 1. The van der Waals surface area contributed by atoms with E-state index in [0.717, 1.165) is 15.9 Å². The van der Waals surface area contributed by atoms with Crippen molar-refractivity contribution in [3.05, 3.63) is 45.7 Å². The van der Waals surface area contributed by atoms with Gasteiger partial charge < -0.3 is 9.84 Å². The van der Waals surface area contributed by atoms with Crippen molar-refractivity contribution in [1.82, 2.24) is 9.78 Å². The van der Waals surface area contributed by atoms with Gasteiger partial charge in [-0.1, -0.05) is 0 Å². The van der Waals surface area contributed by atoms with Crippen LogP contribution in [0.25, 0.3) is 0 Å². The van der Waals surface area contributed by atoms with Gasteiger partial charge in [0, 0.05) is 7.05 Å². The first-order chi connectivity index (χ1) is 8.99. The van der Waals surface area contributed by atoms with Gasteiger partial charge in [0.2, 0.25) is 0 Å². The van der Waals surface area contributed by atoms with Crippen LogP contribution in [0.2, 0.25) is 0 Å². The molecular formula is C13H13BrN2O3. The van der Waals surface area contributed by atoms with Crippen molar-refractivity contribution < 1.29 is 14.6 Å². The van der Waals surface area contributed by atoms with E-state index in [1.165, 1.54) is 12.1 Å². The molecule has 0 atom stereocenters. The highest BCUT2D eigenvalue weighted by molar-refractivity contribution is 9.10. The summed E-state index contributed by atoms with van der Waals surface area (Å²) in [6, 6.07) is 6.31. The molecule has 2 rings (SSSR count). The van der Waals surface area contributed by atoms with Gasteiger partial charge in [-0.3, -0.25) is 4.68 Å². The topological polar surface area (TPSA) is 64.4 Å². The predicted molar refractivity (Wildman–Crippen MR) is 73.4 cm³/mol. The van der Waals surface area contributed by atoms with Crippen LogP contribution >= 0.6 is 15.9 Å². The van der Waals surface area contributed by atoms with Gasteiger partial charge in [0.15, 0.2) is 0 Å². The molecule has 1 aromatic heterocycles. The molecule has 5 nitrogen and oxygen atoms in total. The fourth-order valence-electron chi connectivity index (χ4n) is 1.68. The molecule has 0 saturated carbocycles. The molecule has 0 saturated heterocycles. The molecule has 6 heteroatoms. The Hall–Kier alpha value is -1.82. The molecule has 19 heavy (non-hydrogen) atoms. The van der Waals surface area contributed by atoms with Crippen LogP contribution in [0.5, 0.6) is 5.75 Å². The van der Waals surface area contributed by atoms with Crippen molar-refractivity contribution in [3.63, 3.8) is 0 Å². The second-order valence-electron chi connectivity index (χ2n) is 4.09. The largest absolute Gasteiger partial charge is 0.487 e. The monoisotopic (exact) mass is 324 g/mol. The normalized spacial score (nSPS) is 10.5. The molecule has 0 aliphatic heterocycles. The van der Waals surface area contributed by atoms with Crippen molar-refractivity contribution in [3.8, 4) is 5.75 Å². The van der Waals surface area contributed by atoms with E-state index in [1.54, 1.807) is 16.8 Å². The molecule has 0 amide bonds. The molecule has 0 aliphatic carbocycles. The van der Waals surface area contributed by atoms with Crippen molar-refractivity contribution in [1.29, 1.82) is 0 Å². The van der Waals surface area contributed by atoms with E-state index in [2.05, 4.69) is 21.0 Å². The molecule has 0 bridgehead atoms. The summed E-state index contributed by atoms with van der Waals surface area (Å²) in [5, 5.41) is 13.1. The van der Waals surface area contributed by atoms with E-state index in [9.17, 15) is 4.79 Å². The third-order valence-electron chi connectivity index (χ3n) is 2.74. The van der Waals surface area contributed by atoms with Gasteiger partial charge in [0.05, 0.1) is 21.4 Å². The molecule has 1 heterocycles. The fourth-order valence-corrected chi connectivity index (χ4v) is 2.13. The Kier molecular flexibility index (Phi) is 3.90. The number of aryl methyl sites for hydroxylation is 2. The first-order valence-electron chi connectivity index (χ1n) is 5.63. The minimum atomic E-state index is -0.948. The summed E-state index contributed by atoms with van der Waals surface area (Å²) in [6.07, 6.45) is 0. The van der Waals surface area contributed by atoms with E-state index >= 15 is 0 Å². The van der Waals surface area contributed by atoms with Gasteiger partial charge in [-0.25, -0.2) is 4.79 Å². The van der Waals surface area contributed by atoms with E-state index in [0.29, 0.717) is 12.4 Å². The summed E-state index contributed by atoms with van der Waals surface area (Å²) in [6.45, 7) is 2.28. The maximum absolute atomic E-state index is 10.7. The first kappa shape index (κ1) is 13.6. The standard InChI is InChI=1S/C13H13BrN2O3/c1-8-12(14)11(16(2)15-8)7-19-10-5-3-9(4-6-10)13(17)18/h3-6H,7H2,1-2H3,(H,17,18).